The van der Waals surface area contributed by atoms with Gasteiger partial charge < -0.3 is 4.74 Å². The lowest BCUT2D eigenvalue weighted by Crippen LogP contribution is -2.08. The van der Waals surface area contributed by atoms with E-state index in [1.165, 1.54) is 16.7 Å². The largest absolute Gasteiger partial charge is 0.492 e. The molecule has 0 spiro atoms. The Morgan fingerprint density at radius 2 is 1.77 bits per heavy atom. The van der Waals surface area contributed by atoms with Gasteiger partial charge in [-0.15, -0.1) is 6.58 Å². The van der Waals surface area contributed by atoms with Crippen molar-refractivity contribution in [3.05, 3.63) is 126 Å². The zero-order valence-corrected chi connectivity index (χ0v) is 24.0. The van der Waals surface area contributed by atoms with Gasteiger partial charge >= 0.3 is 0 Å². The summed E-state index contributed by atoms with van der Waals surface area (Å²) in [6.45, 7) is 12.2. The zero-order valence-electron chi connectivity index (χ0n) is 24.0. The van der Waals surface area contributed by atoms with Crippen LogP contribution in [0.3, 0.4) is 0 Å². The fourth-order valence-electron chi connectivity index (χ4n) is 4.47. The number of ether oxygens (including phenoxy) is 1. The maximum Gasteiger partial charge on any atom is 0.141 e. The number of aryl methyl sites for hydroxylation is 3. The van der Waals surface area contributed by atoms with Crippen LogP contribution in [0.2, 0.25) is 0 Å². The Kier molecular flexibility index (Phi) is 11.9. The van der Waals surface area contributed by atoms with Gasteiger partial charge in [0.05, 0.1) is 30.1 Å². The van der Waals surface area contributed by atoms with Gasteiger partial charge in [0.1, 0.15) is 5.75 Å². The molecule has 40 heavy (non-hydrogen) atoms. The standard InChI is InChI=1S/C32H34N4O.C3H6/c1-24(9-11-26-12-14-27(20-33)15-13-26)10-16-29(28-7-5-4-6-8-28)17-18-37-32-19-30(21-34-25(32)2)31-22-35-36(3)23-31;1-3-2/h4-8,12-15,19,21-23,29H,1,9-11,16-18H2,2-3H3;3H,1H2,2H3. The van der Waals surface area contributed by atoms with E-state index in [0.29, 0.717) is 18.1 Å². The maximum atomic E-state index is 8.98. The molecule has 2 aromatic carbocycles. The summed E-state index contributed by atoms with van der Waals surface area (Å²) in [6, 6.07) is 22.8. The third-order valence-corrected chi connectivity index (χ3v) is 6.77. The number of rotatable bonds is 12. The molecule has 0 aliphatic heterocycles. The Balaban J connectivity index is 0.00000141. The topological polar surface area (TPSA) is 63.7 Å². The lowest BCUT2D eigenvalue weighted by molar-refractivity contribution is 0.291. The lowest BCUT2D eigenvalue weighted by atomic mass is 9.89. The third kappa shape index (κ3) is 9.39. The number of allylic oxidation sites excluding steroid dienone is 2. The number of benzene rings is 2. The van der Waals surface area contributed by atoms with Crippen LogP contribution in [-0.2, 0) is 13.5 Å². The zero-order chi connectivity index (χ0) is 28.7. The summed E-state index contributed by atoms with van der Waals surface area (Å²) in [5.74, 6) is 1.21. The molecule has 4 rings (SSSR count). The fraction of sp³-hybridized carbons (Fsp3) is 0.286. The molecule has 1 unspecified atom stereocenters. The molecule has 0 saturated carbocycles. The van der Waals surface area contributed by atoms with Crippen molar-refractivity contribution in [3.8, 4) is 22.9 Å². The summed E-state index contributed by atoms with van der Waals surface area (Å²) in [5.41, 5.74) is 7.46. The van der Waals surface area contributed by atoms with Crippen molar-refractivity contribution < 1.29 is 4.74 Å². The highest BCUT2D eigenvalue weighted by molar-refractivity contribution is 5.62. The van der Waals surface area contributed by atoms with Crippen LogP contribution in [-0.4, -0.2) is 21.4 Å². The summed E-state index contributed by atoms with van der Waals surface area (Å²) in [5, 5.41) is 13.2. The Hall–Kier alpha value is -4.43. The predicted molar refractivity (Wildman–Crippen MR) is 164 cm³/mol. The molecule has 0 amide bonds. The van der Waals surface area contributed by atoms with E-state index >= 15 is 0 Å². The molecule has 0 aliphatic rings. The summed E-state index contributed by atoms with van der Waals surface area (Å²) in [7, 11) is 1.91. The summed E-state index contributed by atoms with van der Waals surface area (Å²) >= 11 is 0. The average molecular weight is 533 g/mol. The van der Waals surface area contributed by atoms with Gasteiger partial charge in [0, 0.05) is 30.6 Å². The van der Waals surface area contributed by atoms with Crippen LogP contribution in [0, 0.1) is 18.3 Å². The van der Waals surface area contributed by atoms with Crippen LogP contribution in [0.15, 0.2) is 104 Å². The molecule has 2 aromatic heterocycles. The predicted octanol–water partition coefficient (Wildman–Crippen LogP) is 8.38. The molecule has 1 atom stereocenters. The van der Waals surface area contributed by atoms with Crippen molar-refractivity contribution >= 4 is 0 Å². The molecule has 0 radical (unpaired) electrons. The number of hydrogen-bond donors (Lipinski definition) is 0. The van der Waals surface area contributed by atoms with Gasteiger partial charge in [-0.2, -0.15) is 10.4 Å². The minimum atomic E-state index is 0.391. The van der Waals surface area contributed by atoms with Crippen LogP contribution in [0.4, 0.5) is 0 Å². The van der Waals surface area contributed by atoms with Crippen molar-refractivity contribution in [2.24, 2.45) is 7.05 Å². The SMILES string of the molecule is C=C(CCc1ccc(C#N)cc1)CCC(CCOc1cc(-c2cnn(C)c2)cnc1C)c1ccccc1.C=CC. The van der Waals surface area contributed by atoms with Gasteiger partial charge in [-0.1, -0.05) is 60.7 Å². The smallest absolute Gasteiger partial charge is 0.141 e. The molecular weight excluding hydrogens is 492 g/mol. The van der Waals surface area contributed by atoms with E-state index in [0.717, 1.165) is 54.7 Å². The van der Waals surface area contributed by atoms with Crippen molar-refractivity contribution in [1.82, 2.24) is 14.8 Å². The van der Waals surface area contributed by atoms with Gasteiger partial charge in [-0.3, -0.25) is 9.67 Å². The third-order valence-electron chi connectivity index (χ3n) is 6.77. The number of pyridine rings is 1. The second kappa shape index (κ2) is 15.9. The van der Waals surface area contributed by atoms with Crippen LogP contribution in [0.25, 0.3) is 11.1 Å². The fourth-order valence-corrected chi connectivity index (χ4v) is 4.47. The summed E-state index contributed by atoms with van der Waals surface area (Å²) in [6.07, 6.45) is 12.3. The first kappa shape index (κ1) is 30.1. The van der Waals surface area contributed by atoms with Crippen LogP contribution >= 0.6 is 0 Å². The van der Waals surface area contributed by atoms with E-state index in [4.69, 9.17) is 10.00 Å². The first-order valence-corrected chi connectivity index (χ1v) is 13.8. The molecule has 206 valence electrons. The van der Waals surface area contributed by atoms with Gasteiger partial charge in [0.2, 0.25) is 0 Å². The Morgan fingerprint density at radius 1 is 1.05 bits per heavy atom. The van der Waals surface area contributed by atoms with Gasteiger partial charge in [0.25, 0.3) is 0 Å². The van der Waals surface area contributed by atoms with Crippen molar-refractivity contribution in [2.45, 2.75) is 51.9 Å². The monoisotopic (exact) mass is 532 g/mol. The molecule has 2 heterocycles. The van der Waals surface area contributed by atoms with Gasteiger partial charge in [-0.25, -0.2) is 0 Å². The van der Waals surface area contributed by atoms with E-state index in [-0.39, 0.29) is 0 Å². The van der Waals surface area contributed by atoms with E-state index in [2.05, 4.69) is 65.7 Å². The van der Waals surface area contributed by atoms with Crippen LogP contribution in [0.1, 0.15) is 60.9 Å². The number of nitriles is 1. The second-order valence-corrected chi connectivity index (χ2v) is 9.96. The highest BCUT2D eigenvalue weighted by atomic mass is 16.5. The molecule has 0 saturated heterocycles. The summed E-state index contributed by atoms with van der Waals surface area (Å²) < 4.78 is 8.04. The van der Waals surface area contributed by atoms with Crippen molar-refractivity contribution in [1.29, 1.82) is 5.26 Å². The quantitative estimate of drug-likeness (QED) is 0.172. The number of aromatic nitrogens is 3. The van der Waals surface area contributed by atoms with Crippen LogP contribution in [0.5, 0.6) is 5.75 Å². The first-order chi connectivity index (χ1) is 19.4. The maximum absolute atomic E-state index is 8.98. The highest BCUT2D eigenvalue weighted by Gasteiger charge is 2.14. The first-order valence-electron chi connectivity index (χ1n) is 13.8. The number of nitrogens with zero attached hydrogens (tertiary/aromatic N) is 4. The van der Waals surface area contributed by atoms with Crippen molar-refractivity contribution in [3.63, 3.8) is 0 Å². The molecule has 0 fully saturated rings. The average Bonchev–Trinajstić information content (AvgIpc) is 3.42. The molecule has 0 bridgehead atoms. The Labute approximate surface area is 239 Å². The lowest BCUT2D eigenvalue weighted by Gasteiger charge is -2.19. The van der Waals surface area contributed by atoms with E-state index in [1.54, 1.807) is 10.8 Å². The molecule has 5 heteroatoms. The molecule has 5 nitrogen and oxygen atoms in total. The van der Waals surface area contributed by atoms with E-state index in [9.17, 15) is 0 Å². The van der Waals surface area contributed by atoms with Crippen LogP contribution < -0.4 is 4.74 Å². The van der Waals surface area contributed by atoms with Crippen molar-refractivity contribution in [2.75, 3.05) is 6.61 Å². The van der Waals surface area contributed by atoms with E-state index < -0.39 is 0 Å². The normalized spacial score (nSPS) is 11.1. The Morgan fingerprint density at radius 3 is 2.42 bits per heavy atom. The molecule has 0 aliphatic carbocycles. The van der Waals surface area contributed by atoms with Gasteiger partial charge in [0.15, 0.2) is 0 Å². The molecular formula is C35H40N4O. The second-order valence-electron chi connectivity index (χ2n) is 9.96. The minimum Gasteiger partial charge on any atom is -0.492 e. The highest BCUT2D eigenvalue weighted by Crippen LogP contribution is 2.29. The van der Waals surface area contributed by atoms with E-state index in [1.807, 2.05) is 63.8 Å². The Bertz CT molecular complexity index is 1400. The van der Waals surface area contributed by atoms with Gasteiger partial charge in [-0.05, 0) is 81.2 Å². The number of hydrogen-bond acceptors (Lipinski definition) is 4. The molecule has 0 N–H and O–H groups in total. The summed E-state index contributed by atoms with van der Waals surface area (Å²) in [4.78, 5) is 4.55. The minimum absolute atomic E-state index is 0.391. The molecule has 4 aromatic rings.